The number of aliphatic hydroxyl groups is 1. The van der Waals surface area contributed by atoms with Crippen molar-refractivity contribution in [1.82, 2.24) is 4.90 Å². The highest BCUT2D eigenvalue weighted by Gasteiger charge is 2.34. The predicted molar refractivity (Wildman–Crippen MR) is 74.6 cm³/mol. The van der Waals surface area contributed by atoms with Gasteiger partial charge in [-0.05, 0) is 24.9 Å². The maximum atomic E-state index is 11.9. The van der Waals surface area contributed by atoms with E-state index in [1.165, 1.54) is 0 Å². The first-order valence-corrected chi connectivity index (χ1v) is 7.20. The molecule has 1 saturated heterocycles. The van der Waals surface area contributed by atoms with Crippen molar-refractivity contribution >= 4 is 30.1 Å². The summed E-state index contributed by atoms with van der Waals surface area (Å²) in [5.74, 6) is 1.11. The molecule has 0 aromatic carbocycles. The molecule has 6 heteroatoms. The van der Waals surface area contributed by atoms with Gasteiger partial charge in [-0.2, -0.15) is 11.8 Å². The number of hydrogen-bond donors (Lipinski definition) is 2. The monoisotopic (exact) mass is 282 g/mol. The van der Waals surface area contributed by atoms with Gasteiger partial charge in [0.15, 0.2) is 0 Å². The molecule has 3 atom stereocenters. The van der Waals surface area contributed by atoms with Crippen molar-refractivity contribution < 1.29 is 9.90 Å². The van der Waals surface area contributed by atoms with E-state index in [2.05, 4.69) is 0 Å². The highest BCUT2D eigenvalue weighted by atomic mass is 35.5. The maximum Gasteiger partial charge on any atom is 0.239 e. The fourth-order valence-corrected chi connectivity index (χ4v) is 2.53. The highest BCUT2D eigenvalue weighted by molar-refractivity contribution is 7.98. The molecule has 1 heterocycles. The number of carbonyl (C=O) groups is 1. The quantitative estimate of drug-likeness (QED) is 0.780. The fraction of sp³-hybridized carbons (Fsp3) is 0.909. The average molecular weight is 283 g/mol. The van der Waals surface area contributed by atoms with Crippen LogP contribution in [0.2, 0.25) is 0 Å². The molecule has 17 heavy (non-hydrogen) atoms. The molecule has 0 aromatic rings. The Morgan fingerprint density at radius 1 is 1.59 bits per heavy atom. The molecule has 102 valence electrons. The van der Waals surface area contributed by atoms with Gasteiger partial charge in [0.25, 0.3) is 0 Å². The van der Waals surface area contributed by atoms with Crippen LogP contribution in [0.4, 0.5) is 0 Å². The average Bonchev–Trinajstić information content (AvgIpc) is 2.66. The summed E-state index contributed by atoms with van der Waals surface area (Å²) in [4.78, 5) is 13.7. The second kappa shape index (κ2) is 8.19. The molecule has 0 spiro atoms. The van der Waals surface area contributed by atoms with Gasteiger partial charge in [-0.3, -0.25) is 4.79 Å². The van der Waals surface area contributed by atoms with Crippen molar-refractivity contribution in [2.24, 2.45) is 11.7 Å². The van der Waals surface area contributed by atoms with Crippen LogP contribution in [-0.2, 0) is 4.79 Å². The number of amides is 1. The Hall–Kier alpha value is 0.0300. The number of carbonyl (C=O) groups excluding carboxylic acids is 1. The molecule has 0 bridgehead atoms. The van der Waals surface area contributed by atoms with Crippen molar-refractivity contribution in [2.75, 3.05) is 25.1 Å². The minimum atomic E-state index is -0.407. The Labute approximate surface area is 114 Å². The fourth-order valence-electron chi connectivity index (χ4n) is 2.04. The minimum absolute atomic E-state index is 0. The Morgan fingerprint density at radius 3 is 2.71 bits per heavy atom. The number of halogens is 1. The van der Waals surface area contributed by atoms with Gasteiger partial charge in [0.2, 0.25) is 5.91 Å². The van der Waals surface area contributed by atoms with Gasteiger partial charge < -0.3 is 15.7 Å². The topological polar surface area (TPSA) is 66.6 Å². The molecule has 1 aliphatic heterocycles. The second-order valence-electron chi connectivity index (χ2n) is 4.37. The first-order chi connectivity index (χ1) is 7.60. The third-order valence-electron chi connectivity index (χ3n) is 3.19. The summed E-state index contributed by atoms with van der Waals surface area (Å²) in [6.07, 6.45) is 3.25. The number of likely N-dealkylation sites (tertiary alicyclic amines) is 1. The van der Waals surface area contributed by atoms with Gasteiger partial charge in [-0.1, -0.05) is 6.92 Å². The zero-order valence-corrected chi connectivity index (χ0v) is 12.1. The van der Waals surface area contributed by atoms with Gasteiger partial charge in [-0.15, -0.1) is 12.4 Å². The van der Waals surface area contributed by atoms with Crippen molar-refractivity contribution in [2.45, 2.75) is 31.9 Å². The van der Waals surface area contributed by atoms with Gasteiger partial charge in [-0.25, -0.2) is 0 Å². The number of hydrogen-bond acceptors (Lipinski definition) is 4. The number of β-amino-alcohol motifs (C(OH)–C–C–N with tert-alkyl or cyclic N) is 1. The molecule has 1 aliphatic rings. The van der Waals surface area contributed by atoms with Crippen LogP contribution in [-0.4, -0.2) is 53.2 Å². The number of aliphatic hydroxyl groups excluding tert-OH is 1. The third kappa shape index (κ3) is 4.66. The van der Waals surface area contributed by atoms with Gasteiger partial charge in [0.05, 0.1) is 12.1 Å². The summed E-state index contributed by atoms with van der Waals surface area (Å²) in [6.45, 7) is 3.14. The molecular formula is C11H23ClN2O2S. The van der Waals surface area contributed by atoms with Crippen LogP contribution in [0.5, 0.6) is 0 Å². The lowest BCUT2D eigenvalue weighted by Gasteiger charge is -2.20. The predicted octanol–water partition coefficient (Wildman–Crippen LogP) is 0.718. The van der Waals surface area contributed by atoms with Gasteiger partial charge >= 0.3 is 0 Å². The smallest absolute Gasteiger partial charge is 0.239 e. The van der Waals surface area contributed by atoms with Crippen LogP contribution in [0.25, 0.3) is 0 Å². The molecule has 1 amide bonds. The largest absolute Gasteiger partial charge is 0.391 e. The summed E-state index contributed by atoms with van der Waals surface area (Å²) in [7, 11) is 0. The van der Waals surface area contributed by atoms with E-state index in [-0.39, 0.29) is 30.3 Å². The van der Waals surface area contributed by atoms with E-state index in [0.29, 0.717) is 19.5 Å². The summed E-state index contributed by atoms with van der Waals surface area (Å²) in [5, 5.41) is 9.73. The van der Waals surface area contributed by atoms with Crippen LogP contribution in [0.3, 0.4) is 0 Å². The van der Waals surface area contributed by atoms with Gasteiger partial charge in [0.1, 0.15) is 0 Å². The summed E-state index contributed by atoms with van der Waals surface area (Å²) >= 11 is 1.70. The lowest BCUT2D eigenvalue weighted by atomic mass is 10.0. The lowest BCUT2D eigenvalue weighted by molar-refractivity contribution is -0.132. The van der Waals surface area contributed by atoms with E-state index >= 15 is 0 Å². The van der Waals surface area contributed by atoms with Crippen molar-refractivity contribution in [3.8, 4) is 0 Å². The van der Waals surface area contributed by atoms with Crippen molar-refractivity contribution in [1.29, 1.82) is 0 Å². The third-order valence-corrected chi connectivity index (χ3v) is 3.84. The van der Waals surface area contributed by atoms with E-state index in [9.17, 15) is 9.90 Å². The van der Waals surface area contributed by atoms with E-state index in [0.717, 1.165) is 12.2 Å². The van der Waals surface area contributed by atoms with Crippen molar-refractivity contribution in [3.63, 3.8) is 0 Å². The molecule has 0 radical (unpaired) electrons. The van der Waals surface area contributed by atoms with Gasteiger partial charge in [0, 0.05) is 19.0 Å². The number of rotatable bonds is 5. The molecule has 0 aromatic heterocycles. The lowest BCUT2D eigenvalue weighted by Crippen LogP contribution is -2.43. The molecule has 1 rings (SSSR count). The van der Waals surface area contributed by atoms with E-state index in [4.69, 9.17) is 5.73 Å². The number of nitrogens with two attached hydrogens (primary N) is 1. The normalized spacial score (nSPS) is 25.5. The first-order valence-electron chi connectivity index (χ1n) is 5.81. The van der Waals surface area contributed by atoms with Crippen LogP contribution in [0.15, 0.2) is 0 Å². The molecular weight excluding hydrogens is 260 g/mol. The van der Waals surface area contributed by atoms with Crippen LogP contribution in [0.1, 0.15) is 19.8 Å². The Bertz CT molecular complexity index is 244. The van der Waals surface area contributed by atoms with E-state index in [1.54, 1.807) is 16.7 Å². The van der Waals surface area contributed by atoms with Crippen LogP contribution < -0.4 is 5.73 Å². The Morgan fingerprint density at radius 2 is 2.24 bits per heavy atom. The second-order valence-corrected chi connectivity index (χ2v) is 5.35. The molecule has 0 aliphatic carbocycles. The number of nitrogens with zero attached hydrogens (tertiary/aromatic N) is 1. The molecule has 1 fully saturated rings. The van der Waals surface area contributed by atoms with E-state index in [1.807, 2.05) is 13.2 Å². The standard InChI is InChI=1S/C11H22N2O2S.ClH/c1-3-8-6-13(7-10(8)14)11(15)9(12)4-5-16-2;/h8-10,14H,3-7,12H2,1-2H3;1H. The summed E-state index contributed by atoms with van der Waals surface area (Å²) < 4.78 is 0. The highest BCUT2D eigenvalue weighted by Crippen LogP contribution is 2.20. The maximum absolute atomic E-state index is 11.9. The first kappa shape index (κ1) is 17.0. The Kier molecular flexibility index (Phi) is 8.20. The van der Waals surface area contributed by atoms with Crippen LogP contribution in [0, 0.1) is 5.92 Å². The zero-order valence-electron chi connectivity index (χ0n) is 10.5. The van der Waals surface area contributed by atoms with E-state index < -0.39 is 6.04 Å². The number of thioether (sulfide) groups is 1. The molecule has 4 nitrogen and oxygen atoms in total. The minimum Gasteiger partial charge on any atom is -0.391 e. The molecule has 0 saturated carbocycles. The molecule has 3 unspecified atom stereocenters. The van der Waals surface area contributed by atoms with Crippen LogP contribution >= 0.6 is 24.2 Å². The molecule has 3 N–H and O–H groups in total. The Balaban J connectivity index is 0.00000256. The zero-order chi connectivity index (χ0) is 12.1. The summed E-state index contributed by atoms with van der Waals surface area (Å²) in [5.41, 5.74) is 5.83. The van der Waals surface area contributed by atoms with Crippen molar-refractivity contribution in [3.05, 3.63) is 0 Å². The SMILES string of the molecule is CCC1CN(C(=O)C(N)CCSC)CC1O.Cl. The summed E-state index contributed by atoms with van der Waals surface area (Å²) in [6, 6.07) is -0.407.